The lowest BCUT2D eigenvalue weighted by Crippen LogP contribution is -2.47. The standard InChI is InChI=1S/C14H17N5O2/c1-17-7-9-18(10-8-17)13(20)12-15-14(21)19(16-12)11-5-3-2-4-6-11/h2-6H,7-10H2,1H3,(H,15,16,21). The van der Waals surface area contributed by atoms with E-state index >= 15 is 0 Å². The van der Waals surface area contributed by atoms with Gasteiger partial charge in [-0.25, -0.2) is 4.79 Å². The molecule has 7 nitrogen and oxygen atoms in total. The summed E-state index contributed by atoms with van der Waals surface area (Å²) >= 11 is 0. The van der Waals surface area contributed by atoms with Crippen LogP contribution in [0.1, 0.15) is 10.6 Å². The van der Waals surface area contributed by atoms with Gasteiger partial charge in [0.2, 0.25) is 5.82 Å². The molecule has 0 radical (unpaired) electrons. The van der Waals surface area contributed by atoms with Crippen LogP contribution in [0.3, 0.4) is 0 Å². The van der Waals surface area contributed by atoms with E-state index in [-0.39, 0.29) is 11.7 Å². The summed E-state index contributed by atoms with van der Waals surface area (Å²) in [7, 11) is 2.02. The number of nitrogens with one attached hydrogen (secondary N) is 1. The summed E-state index contributed by atoms with van der Waals surface area (Å²) in [6.07, 6.45) is 0. The van der Waals surface area contributed by atoms with Gasteiger partial charge in [0.25, 0.3) is 5.91 Å². The molecule has 1 aromatic heterocycles. The molecule has 110 valence electrons. The summed E-state index contributed by atoms with van der Waals surface area (Å²) in [5.41, 5.74) is 0.231. The number of benzene rings is 1. The van der Waals surface area contributed by atoms with Crippen molar-refractivity contribution in [2.75, 3.05) is 33.2 Å². The molecule has 0 atom stereocenters. The van der Waals surface area contributed by atoms with Crippen molar-refractivity contribution < 1.29 is 4.79 Å². The number of piperazine rings is 1. The predicted octanol–water partition coefficient (Wildman–Crippen LogP) is -0.0518. The minimum Gasteiger partial charge on any atom is -0.333 e. The van der Waals surface area contributed by atoms with Crippen molar-refractivity contribution in [2.24, 2.45) is 0 Å². The number of aromatic amines is 1. The molecule has 0 saturated carbocycles. The van der Waals surface area contributed by atoms with Gasteiger partial charge in [-0.05, 0) is 19.2 Å². The highest BCUT2D eigenvalue weighted by Crippen LogP contribution is 2.06. The molecule has 1 fully saturated rings. The van der Waals surface area contributed by atoms with E-state index in [0.717, 1.165) is 13.1 Å². The maximum absolute atomic E-state index is 12.4. The highest BCUT2D eigenvalue weighted by molar-refractivity contribution is 5.90. The van der Waals surface area contributed by atoms with Gasteiger partial charge in [0, 0.05) is 26.2 Å². The SMILES string of the molecule is CN1CCN(C(=O)c2nn(-c3ccccc3)c(=O)[nH]2)CC1. The smallest absolute Gasteiger partial charge is 0.333 e. The average molecular weight is 287 g/mol. The number of likely N-dealkylation sites (N-methyl/N-ethyl adjacent to an activating group) is 1. The van der Waals surface area contributed by atoms with Crippen molar-refractivity contribution in [1.82, 2.24) is 24.6 Å². The number of carbonyl (C=O) groups excluding carboxylic acids is 1. The molecule has 7 heteroatoms. The highest BCUT2D eigenvalue weighted by Gasteiger charge is 2.23. The third kappa shape index (κ3) is 2.73. The number of para-hydroxylation sites is 1. The molecular formula is C14H17N5O2. The molecule has 1 aliphatic heterocycles. The fourth-order valence-electron chi connectivity index (χ4n) is 2.32. The molecule has 2 aromatic rings. The van der Waals surface area contributed by atoms with Gasteiger partial charge in [-0.15, -0.1) is 5.10 Å². The topological polar surface area (TPSA) is 74.2 Å². The van der Waals surface area contributed by atoms with Gasteiger partial charge < -0.3 is 9.80 Å². The van der Waals surface area contributed by atoms with Crippen LogP contribution < -0.4 is 5.69 Å². The molecule has 1 saturated heterocycles. The Balaban J connectivity index is 1.84. The molecule has 0 aliphatic carbocycles. The van der Waals surface area contributed by atoms with Gasteiger partial charge in [0.1, 0.15) is 0 Å². The van der Waals surface area contributed by atoms with E-state index in [2.05, 4.69) is 15.0 Å². The molecule has 1 aromatic carbocycles. The van der Waals surface area contributed by atoms with E-state index in [1.807, 2.05) is 25.2 Å². The van der Waals surface area contributed by atoms with Gasteiger partial charge in [0.05, 0.1) is 5.69 Å². The second-order valence-electron chi connectivity index (χ2n) is 5.12. The summed E-state index contributed by atoms with van der Waals surface area (Å²) < 4.78 is 1.21. The van der Waals surface area contributed by atoms with E-state index in [9.17, 15) is 9.59 Å². The first-order valence-electron chi connectivity index (χ1n) is 6.88. The van der Waals surface area contributed by atoms with Crippen LogP contribution in [0, 0.1) is 0 Å². The van der Waals surface area contributed by atoms with Crippen molar-refractivity contribution in [3.8, 4) is 5.69 Å². The predicted molar refractivity (Wildman–Crippen MR) is 77.6 cm³/mol. The maximum atomic E-state index is 12.4. The summed E-state index contributed by atoms with van der Waals surface area (Å²) in [6, 6.07) is 9.03. The van der Waals surface area contributed by atoms with E-state index < -0.39 is 5.69 Å². The molecule has 0 spiro atoms. The van der Waals surface area contributed by atoms with Crippen LogP contribution in [0.15, 0.2) is 35.1 Å². The van der Waals surface area contributed by atoms with Crippen molar-refractivity contribution in [3.63, 3.8) is 0 Å². The van der Waals surface area contributed by atoms with Crippen LogP contribution in [0.4, 0.5) is 0 Å². The van der Waals surface area contributed by atoms with Crippen LogP contribution in [0.5, 0.6) is 0 Å². The lowest BCUT2D eigenvalue weighted by Gasteiger charge is -2.31. The Morgan fingerprint density at radius 1 is 1.14 bits per heavy atom. The van der Waals surface area contributed by atoms with Crippen LogP contribution in [0.2, 0.25) is 0 Å². The number of carbonyl (C=O) groups is 1. The quantitative estimate of drug-likeness (QED) is 0.840. The molecule has 1 aliphatic rings. The maximum Gasteiger partial charge on any atom is 0.348 e. The minimum atomic E-state index is -0.404. The number of rotatable bonds is 2. The van der Waals surface area contributed by atoms with Gasteiger partial charge in [-0.2, -0.15) is 4.68 Å². The first-order valence-corrected chi connectivity index (χ1v) is 6.88. The molecule has 1 amide bonds. The number of hydrogen-bond acceptors (Lipinski definition) is 4. The molecular weight excluding hydrogens is 270 g/mol. The Morgan fingerprint density at radius 2 is 1.81 bits per heavy atom. The van der Waals surface area contributed by atoms with E-state index in [1.165, 1.54) is 4.68 Å². The van der Waals surface area contributed by atoms with Crippen molar-refractivity contribution in [1.29, 1.82) is 0 Å². The van der Waals surface area contributed by atoms with Crippen LogP contribution in [-0.2, 0) is 0 Å². The third-order valence-electron chi connectivity index (χ3n) is 3.61. The van der Waals surface area contributed by atoms with E-state index in [0.29, 0.717) is 18.8 Å². The van der Waals surface area contributed by atoms with E-state index in [4.69, 9.17) is 0 Å². The largest absolute Gasteiger partial charge is 0.348 e. The summed E-state index contributed by atoms with van der Waals surface area (Å²) in [5, 5.41) is 4.12. The van der Waals surface area contributed by atoms with Gasteiger partial charge in [-0.1, -0.05) is 18.2 Å². The molecule has 0 bridgehead atoms. The zero-order valence-corrected chi connectivity index (χ0v) is 11.8. The zero-order valence-electron chi connectivity index (χ0n) is 11.8. The van der Waals surface area contributed by atoms with Crippen LogP contribution in [0.25, 0.3) is 5.69 Å². The molecule has 2 heterocycles. The van der Waals surface area contributed by atoms with Crippen molar-refractivity contribution in [2.45, 2.75) is 0 Å². The number of hydrogen-bond donors (Lipinski definition) is 1. The monoisotopic (exact) mass is 287 g/mol. The number of amides is 1. The Kier molecular flexibility index (Phi) is 3.57. The Morgan fingerprint density at radius 3 is 2.48 bits per heavy atom. The molecule has 1 N–H and O–H groups in total. The second kappa shape index (κ2) is 5.53. The Bertz CT molecular complexity index is 683. The number of nitrogens with zero attached hydrogens (tertiary/aromatic N) is 4. The lowest BCUT2D eigenvalue weighted by molar-refractivity contribution is 0.0652. The second-order valence-corrected chi connectivity index (χ2v) is 5.12. The fourth-order valence-corrected chi connectivity index (χ4v) is 2.32. The first kappa shape index (κ1) is 13.6. The summed E-state index contributed by atoms with van der Waals surface area (Å²) in [6.45, 7) is 2.95. The average Bonchev–Trinajstić information content (AvgIpc) is 2.90. The minimum absolute atomic E-state index is 0.0911. The highest BCUT2D eigenvalue weighted by atomic mass is 16.2. The van der Waals surface area contributed by atoms with E-state index in [1.54, 1.807) is 17.0 Å². The number of H-pyrrole nitrogens is 1. The normalized spacial score (nSPS) is 16.1. The summed E-state index contributed by atoms with van der Waals surface area (Å²) in [4.78, 5) is 30.7. The van der Waals surface area contributed by atoms with Crippen molar-refractivity contribution >= 4 is 5.91 Å². The zero-order chi connectivity index (χ0) is 14.8. The molecule has 0 unspecified atom stereocenters. The van der Waals surface area contributed by atoms with Crippen LogP contribution >= 0.6 is 0 Å². The first-order chi connectivity index (χ1) is 10.1. The lowest BCUT2D eigenvalue weighted by atomic mass is 10.3. The Hall–Kier alpha value is -2.41. The molecule has 3 rings (SSSR count). The summed E-state index contributed by atoms with van der Waals surface area (Å²) in [5.74, 6) is -0.136. The third-order valence-corrected chi connectivity index (χ3v) is 3.61. The van der Waals surface area contributed by atoms with Gasteiger partial charge >= 0.3 is 5.69 Å². The fraction of sp³-hybridized carbons (Fsp3) is 0.357. The van der Waals surface area contributed by atoms with Crippen LogP contribution in [-0.4, -0.2) is 63.7 Å². The van der Waals surface area contributed by atoms with Gasteiger partial charge in [-0.3, -0.25) is 9.78 Å². The van der Waals surface area contributed by atoms with Crippen molar-refractivity contribution in [3.05, 3.63) is 46.6 Å². The molecule has 21 heavy (non-hydrogen) atoms. The van der Waals surface area contributed by atoms with Gasteiger partial charge in [0.15, 0.2) is 0 Å². The number of aromatic nitrogens is 3. The Labute approximate surface area is 121 Å².